The quantitative estimate of drug-likeness (QED) is 0.853. The minimum Gasteiger partial charge on any atom is -0.465 e. The summed E-state index contributed by atoms with van der Waals surface area (Å²) in [6, 6.07) is 8.33. The van der Waals surface area contributed by atoms with E-state index < -0.39 is 0 Å². The van der Waals surface area contributed by atoms with Crippen LogP contribution in [0.5, 0.6) is 0 Å². The summed E-state index contributed by atoms with van der Waals surface area (Å²) in [5.41, 5.74) is 0. The highest BCUT2D eigenvalue weighted by molar-refractivity contribution is 7.10. The number of carbonyl (C=O) groups is 1. The molecule has 0 saturated carbocycles. The lowest BCUT2D eigenvalue weighted by Crippen LogP contribution is -2.41. The number of furan rings is 1. The summed E-state index contributed by atoms with van der Waals surface area (Å²) in [6.07, 6.45) is 7.15. The van der Waals surface area contributed by atoms with Crippen LogP contribution in [0.4, 0.5) is 0 Å². The van der Waals surface area contributed by atoms with E-state index in [0.29, 0.717) is 24.3 Å². The topological polar surface area (TPSA) is 45.5 Å². The van der Waals surface area contributed by atoms with Gasteiger partial charge in [-0.15, -0.1) is 11.3 Å². The lowest BCUT2D eigenvalue weighted by molar-refractivity contribution is -0.116. The second-order valence-corrected chi connectivity index (χ2v) is 6.92. The average molecular weight is 330 g/mol. The molecule has 0 aromatic carbocycles. The highest BCUT2D eigenvalue weighted by Gasteiger charge is 2.31. The van der Waals surface area contributed by atoms with E-state index in [1.54, 1.807) is 29.7 Å². The molecule has 0 radical (unpaired) electrons. The van der Waals surface area contributed by atoms with Crippen LogP contribution in [0.25, 0.3) is 6.08 Å². The van der Waals surface area contributed by atoms with Gasteiger partial charge in [0.25, 0.3) is 0 Å². The highest BCUT2D eigenvalue weighted by Crippen LogP contribution is 2.36. The van der Waals surface area contributed by atoms with Gasteiger partial charge in [0.2, 0.25) is 5.91 Å². The smallest absolute Gasteiger partial charge is 0.244 e. The van der Waals surface area contributed by atoms with Gasteiger partial charge in [0, 0.05) is 23.5 Å². The standard InChI is InChI=1S/C18H22N2O2S/c1-20-10-2-5-14(18(20)16-7-4-12-23-16)13-19-17(21)9-8-15-6-3-11-22-15/h3-4,6-9,11-12,14,18H,2,5,10,13H2,1H3,(H,19,21)/b9-8+/t14-,18-/m0/s1. The van der Waals surface area contributed by atoms with E-state index in [1.165, 1.54) is 17.4 Å². The van der Waals surface area contributed by atoms with Gasteiger partial charge in [0.1, 0.15) is 5.76 Å². The number of nitrogens with zero attached hydrogens (tertiary/aromatic N) is 1. The van der Waals surface area contributed by atoms with E-state index in [0.717, 1.165) is 13.0 Å². The highest BCUT2D eigenvalue weighted by atomic mass is 32.1. The number of thiophene rings is 1. The summed E-state index contributed by atoms with van der Waals surface area (Å²) in [4.78, 5) is 15.8. The molecule has 0 aliphatic carbocycles. The predicted octanol–water partition coefficient (Wildman–Crippen LogP) is 3.55. The number of amides is 1. The second kappa shape index (κ2) is 7.62. The summed E-state index contributed by atoms with van der Waals surface area (Å²) >= 11 is 1.80. The van der Waals surface area contributed by atoms with Gasteiger partial charge >= 0.3 is 0 Å². The maximum absolute atomic E-state index is 12.0. The van der Waals surface area contributed by atoms with Crippen molar-refractivity contribution in [3.63, 3.8) is 0 Å². The number of carbonyl (C=O) groups excluding carboxylic acids is 1. The Kier molecular flexibility index (Phi) is 5.31. The molecule has 0 bridgehead atoms. The van der Waals surface area contributed by atoms with Crippen LogP contribution in [0, 0.1) is 5.92 Å². The Bertz CT molecular complexity index is 634. The van der Waals surface area contributed by atoms with Gasteiger partial charge in [-0.2, -0.15) is 0 Å². The van der Waals surface area contributed by atoms with Crippen LogP contribution in [0.2, 0.25) is 0 Å². The molecule has 3 heterocycles. The molecule has 2 aromatic heterocycles. The Labute approximate surface area is 140 Å². The van der Waals surface area contributed by atoms with Crippen molar-refractivity contribution in [3.05, 3.63) is 52.6 Å². The zero-order valence-corrected chi connectivity index (χ0v) is 14.1. The molecule has 3 rings (SSSR count). The number of hydrogen-bond acceptors (Lipinski definition) is 4. The van der Waals surface area contributed by atoms with Crippen molar-refractivity contribution in [1.82, 2.24) is 10.2 Å². The normalized spacial score (nSPS) is 22.5. The van der Waals surface area contributed by atoms with E-state index in [1.807, 2.05) is 6.07 Å². The van der Waals surface area contributed by atoms with Gasteiger partial charge in [0.05, 0.1) is 6.26 Å². The first kappa shape index (κ1) is 16.0. The fourth-order valence-electron chi connectivity index (χ4n) is 3.22. The summed E-state index contributed by atoms with van der Waals surface area (Å²) in [6.45, 7) is 1.82. The molecular weight excluding hydrogens is 308 g/mol. The van der Waals surface area contributed by atoms with Crippen molar-refractivity contribution < 1.29 is 9.21 Å². The zero-order chi connectivity index (χ0) is 16.1. The number of nitrogens with one attached hydrogen (secondary N) is 1. The largest absolute Gasteiger partial charge is 0.465 e. The first-order valence-electron chi connectivity index (χ1n) is 7.97. The van der Waals surface area contributed by atoms with Crippen LogP contribution in [-0.4, -0.2) is 30.9 Å². The van der Waals surface area contributed by atoms with Gasteiger partial charge in [-0.1, -0.05) is 6.07 Å². The summed E-state index contributed by atoms with van der Waals surface area (Å²) in [5, 5.41) is 5.16. The van der Waals surface area contributed by atoms with Crippen molar-refractivity contribution >= 4 is 23.3 Å². The van der Waals surface area contributed by atoms with Gasteiger partial charge in [-0.3, -0.25) is 9.69 Å². The second-order valence-electron chi connectivity index (χ2n) is 5.94. The lowest BCUT2D eigenvalue weighted by Gasteiger charge is -2.38. The SMILES string of the molecule is CN1CCC[C@@H](CNC(=O)/C=C/c2ccco2)[C@H]1c1cccs1. The Balaban J connectivity index is 1.58. The number of rotatable bonds is 5. The minimum absolute atomic E-state index is 0.0699. The van der Waals surface area contributed by atoms with E-state index >= 15 is 0 Å². The van der Waals surface area contributed by atoms with Crippen LogP contribution in [0.15, 0.2) is 46.4 Å². The summed E-state index contributed by atoms with van der Waals surface area (Å²) in [7, 11) is 2.18. The van der Waals surface area contributed by atoms with Crippen molar-refractivity contribution in [2.24, 2.45) is 5.92 Å². The Morgan fingerprint density at radius 2 is 2.39 bits per heavy atom. The molecule has 1 N–H and O–H groups in total. The maximum atomic E-state index is 12.0. The predicted molar refractivity (Wildman–Crippen MR) is 93.2 cm³/mol. The molecule has 1 aliphatic heterocycles. The first-order valence-corrected chi connectivity index (χ1v) is 8.85. The van der Waals surface area contributed by atoms with Crippen LogP contribution in [0.3, 0.4) is 0 Å². The van der Waals surface area contributed by atoms with E-state index in [9.17, 15) is 4.79 Å². The molecule has 23 heavy (non-hydrogen) atoms. The van der Waals surface area contributed by atoms with Crippen LogP contribution in [-0.2, 0) is 4.79 Å². The molecule has 0 spiro atoms. The van der Waals surface area contributed by atoms with Crippen molar-refractivity contribution in [2.75, 3.05) is 20.1 Å². The third-order valence-corrected chi connectivity index (χ3v) is 5.27. The number of hydrogen-bond donors (Lipinski definition) is 1. The van der Waals surface area contributed by atoms with Crippen LogP contribution in [0.1, 0.15) is 29.5 Å². The van der Waals surface area contributed by atoms with Crippen LogP contribution >= 0.6 is 11.3 Å². The molecule has 1 fully saturated rings. The van der Waals surface area contributed by atoms with E-state index in [-0.39, 0.29) is 5.91 Å². The summed E-state index contributed by atoms with van der Waals surface area (Å²) < 4.78 is 5.19. The first-order chi connectivity index (χ1) is 11.2. The molecule has 1 saturated heterocycles. The third kappa shape index (κ3) is 4.12. The van der Waals surface area contributed by atoms with Crippen molar-refractivity contribution in [3.8, 4) is 0 Å². The van der Waals surface area contributed by atoms with Gasteiger partial charge < -0.3 is 9.73 Å². The maximum Gasteiger partial charge on any atom is 0.244 e. The lowest BCUT2D eigenvalue weighted by atomic mass is 9.88. The molecule has 122 valence electrons. The molecule has 2 atom stereocenters. The Morgan fingerprint density at radius 1 is 1.48 bits per heavy atom. The zero-order valence-electron chi connectivity index (χ0n) is 13.3. The van der Waals surface area contributed by atoms with Gasteiger partial charge in [-0.25, -0.2) is 0 Å². The van der Waals surface area contributed by atoms with Crippen LogP contribution < -0.4 is 5.32 Å². The van der Waals surface area contributed by atoms with E-state index in [2.05, 4.69) is 34.8 Å². The summed E-state index contributed by atoms with van der Waals surface area (Å²) in [5.74, 6) is 1.07. The molecule has 1 amide bonds. The molecule has 2 aromatic rings. The number of likely N-dealkylation sites (tertiary alicyclic amines) is 1. The molecule has 1 aliphatic rings. The monoisotopic (exact) mass is 330 g/mol. The fraction of sp³-hybridized carbons (Fsp3) is 0.389. The minimum atomic E-state index is -0.0699. The molecule has 5 heteroatoms. The Morgan fingerprint density at radius 3 is 3.13 bits per heavy atom. The molecule has 0 unspecified atom stereocenters. The average Bonchev–Trinajstić information content (AvgIpc) is 3.24. The van der Waals surface area contributed by atoms with Crippen molar-refractivity contribution in [2.45, 2.75) is 18.9 Å². The molecular formula is C18H22N2O2S. The van der Waals surface area contributed by atoms with E-state index in [4.69, 9.17) is 4.42 Å². The number of piperidine rings is 1. The Hall–Kier alpha value is -1.85. The van der Waals surface area contributed by atoms with Crippen molar-refractivity contribution in [1.29, 1.82) is 0 Å². The fourth-order valence-corrected chi connectivity index (χ4v) is 4.20. The van der Waals surface area contributed by atoms with Gasteiger partial charge in [0.15, 0.2) is 0 Å². The van der Waals surface area contributed by atoms with Gasteiger partial charge in [-0.05, 0) is 62.0 Å². The molecule has 4 nitrogen and oxygen atoms in total. The third-order valence-electron chi connectivity index (χ3n) is 4.32.